The van der Waals surface area contributed by atoms with Gasteiger partial charge < -0.3 is 9.15 Å². The van der Waals surface area contributed by atoms with Crippen LogP contribution in [0.1, 0.15) is 23.2 Å². The first-order valence-corrected chi connectivity index (χ1v) is 7.43. The van der Waals surface area contributed by atoms with Crippen molar-refractivity contribution >= 4 is 22.8 Å². The van der Waals surface area contributed by atoms with E-state index in [9.17, 15) is 13.6 Å². The van der Waals surface area contributed by atoms with E-state index in [1.54, 1.807) is 25.1 Å². The van der Waals surface area contributed by atoms with E-state index in [0.717, 1.165) is 0 Å². The molecular formula is C17H13F2N3O3. The average Bonchev–Trinajstić information content (AvgIpc) is 3.06. The van der Waals surface area contributed by atoms with Gasteiger partial charge in [0, 0.05) is 0 Å². The first-order valence-electron chi connectivity index (χ1n) is 7.43. The Labute approximate surface area is 141 Å². The summed E-state index contributed by atoms with van der Waals surface area (Å²) in [5.74, 6) is -1.41. The molecule has 2 aromatic carbocycles. The molecule has 0 spiro atoms. The van der Waals surface area contributed by atoms with Crippen LogP contribution in [0.2, 0.25) is 0 Å². The number of hydrogen-bond donors (Lipinski definition) is 0. The van der Waals surface area contributed by atoms with Crippen LogP contribution in [0.15, 0.2) is 63.2 Å². The van der Waals surface area contributed by atoms with Crippen LogP contribution < -0.4 is 0 Å². The molecular weight excluding hydrogens is 332 g/mol. The van der Waals surface area contributed by atoms with Gasteiger partial charge in [0.2, 0.25) is 0 Å². The van der Waals surface area contributed by atoms with E-state index < -0.39 is 17.9 Å². The number of oxazole rings is 1. The van der Waals surface area contributed by atoms with Crippen molar-refractivity contribution in [2.24, 2.45) is 10.2 Å². The van der Waals surface area contributed by atoms with Gasteiger partial charge in [-0.1, -0.05) is 18.2 Å². The largest absolute Gasteiger partial charge is 0.462 e. The van der Waals surface area contributed by atoms with Crippen molar-refractivity contribution in [3.8, 4) is 0 Å². The highest BCUT2D eigenvalue weighted by Crippen LogP contribution is 2.32. The molecule has 8 heteroatoms. The zero-order valence-corrected chi connectivity index (χ0v) is 13.1. The molecule has 0 saturated carbocycles. The van der Waals surface area contributed by atoms with Crippen molar-refractivity contribution in [1.29, 1.82) is 0 Å². The van der Waals surface area contributed by atoms with Crippen molar-refractivity contribution in [3.63, 3.8) is 0 Å². The summed E-state index contributed by atoms with van der Waals surface area (Å²) in [7, 11) is 0. The number of para-hydroxylation sites is 2. The predicted octanol–water partition coefficient (Wildman–Crippen LogP) is 4.84. The molecule has 128 valence electrons. The number of carbonyl (C=O) groups excluding carboxylic acids is 1. The SMILES string of the molecule is CCOC(=O)c1cccc(N=NC(F)(F)c2nc3ccccc3o2)c1. The van der Waals surface area contributed by atoms with Gasteiger partial charge in [0.05, 0.1) is 17.9 Å². The summed E-state index contributed by atoms with van der Waals surface area (Å²) in [5.41, 5.74) is 0.818. The zero-order valence-electron chi connectivity index (χ0n) is 13.1. The van der Waals surface area contributed by atoms with Crippen LogP contribution in [-0.2, 0) is 10.8 Å². The van der Waals surface area contributed by atoms with E-state index in [0.29, 0.717) is 5.52 Å². The number of hydrogen-bond acceptors (Lipinski definition) is 6. The molecule has 0 aliphatic rings. The highest BCUT2D eigenvalue weighted by atomic mass is 19.3. The number of rotatable bonds is 5. The maximum Gasteiger partial charge on any atom is 0.436 e. The summed E-state index contributed by atoms with van der Waals surface area (Å²) in [6, 6.07) is 8.40. The molecule has 25 heavy (non-hydrogen) atoms. The molecule has 0 bridgehead atoms. The molecule has 0 saturated heterocycles. The molecule has 1 heterocycles. The summed E-state index contributed by atoms with van der Waals surface area (Å²) in [6.45, 7) is 1.88. The molecule has 6 nitrogen and oxygen atoms in total. The number of azo groups is 1. The Hall–Kier alpha value is -3.16. The summed E-state index contributed by atoms with van der Waals surface area (Å²) < 4.78 is 38.2. The second-order valence-corrected chi connectivity index (χ2v) is 5.00. The zero-order chi connectivity index (χ0) is 17.9. The average molecular weight is 345 g/mol. The first-order chi connectivity index (χ1) is 12.0. The number of alkyl halides is 2. The summed E-state index contributed by atoms with van der Waals surface area (Å²) >= 11 is 0. The van der Waals surface area contributed by atoms with E-state index in [4.69, 9.17) is 9.15 Å². The van der Waals surface area contributed by atoms with Crippen LogP contribution in [0.25, 0.3) is 11.1 Å². The van der Waals surface area contributed by atoms with Crippen molar-refractivity contribution in [1.82, 2.24) is 4.98 Å². The lowest BCUT2D eigenvalue weighted by molar-refractivity contribution is -0.0271. The lowest BCUT2D eigenvalue weighted by Crippen LogP contribution is -2.09. The standard InChI is InChI=1S/C17H13F2N3O3/c1-2-24-15(23)11-6-5-7-12(10-11)21-22-17(18,19)16-20-13-8-3-4-9-14(13)25-16/h3-10H,2H2,1H3. The van der Waals surface area contributed by atoms with Crippen LogP contribution in [0, 0.1) is 0 Å². The topological polar surface area (TPSA) is 77.0 Å². The van der Waals surface area contributed by atoms with E-state index >= 15 is 0 Å². The van der Waals surface area contributed by atoms with Crippen LogP contribution in [0.3, 0.4) is 0 Å². The van der Waals surface area contributed by atoms with Gasteiger partial charge in [-0.15, -0.1) is 10.2 Å². The Kier molecular flexibility index (Phi) is 4.51. The highest BCUT2D eigenvalue weighted by Gasteiger charge is 2.38. The highest BCUT2D eigenvalue weighted by molar-refractivity contribution is 5.90. The molecule has 3 rings (SSSR count). The molecule has 1 aromatic heterocycles. The monoisotopic (exact) mass is 345 g/mol. The molecule has 0 fully saturated rings. The smallest absolute Gasteiger partial charge is 0.436 e. The molecule has 0 radical (unpaired) electrons. The minimum absolute atomic E-state index is 0.0846. The van der Waals surface area contributed by atoms with Gasteiger partial charge in [-0.3, -0.25) is 0 Å². The second-order valence-electron chi connectivity index (χ2n) is 5.00. The van der Waals surface area contributed by atoms with Gasteiger partial charge in [0.15, 0.2) is 5.58 Å². The Morgan fingerprint density at radius 1 is 1.24 bits per heavy atom. The van der Waals surface area contributed by atoms with Crippen molar-refractivity contribution in [2.45, 2.75) is 13.0 Å². The summed E-state index contributed by atoms with van der Waals surface area (Å²) in [4.78, 5) is 15.4. The van der Waals surface area contributed by atoms with Crippen molar-refractivity contribution in [3.05, 3.63) is 60.0 Å². The van der Waals surface area contributed by atoms with Crippen LogP contribution in [0.4, 0.5) is 14.5 Å². The number of nitrogens with zero attached hydrogens (tertiary/aromatic N) is 3. The van der Waals surface area contributed by atoms with E-state index in [1.165, 1.54) is 30.3 Å². The van der Waals surface area contributed by atoms with E-state index in [-0.39, 0.29) is 23.4 Å². The van der Waals surface area contributed by atoms with Gasteiger partial charge >= 0.3 is 12.0 Å². The number of halogens is 2. The fraction of sp³-hybridized carbons (Fsp3) is 0.176. The quantitative estimate of drug-likeness (QED) is 0.377. The lowest BCUT2D eigenvalue weighted by Gasteiger charge is -2.05. The Bertz CT molecular complexity index is 905. The number of carbonyl (C=O) groups is 1. The maximum absolute atomic E-state index is 14.2. The van der Waals surface area contributed by atoms with Gasteiger partial charge in [0.25, 0.3) is 5.89 Å². The third kappa shape index (κ3) is 3.68. The van der Waals surface area contributed by atoms with Crippen molar-refractivity contribution < 1.29 is 22.7 Å². The molecule has 3 aromatic rings. The van der Waals surface area contributed by atoms with Gasteiger partial charge in [-0.2, -0.15) is 8.78 Å². The van der Waals surface area contributed by atoms with Crippen LogP contribution >= 0.6 is 0 Å². The number of fused-ring (bicyclic) bond motifs is 1. The maximum atomic E-state index is 14.2. The van der Waals surface area contributed by atoms with Gasteiger partial charge in [0.1, 0.15) is 5.52 Å². The molecule has 0 atom stereocenters. The van der Waals surface area contributed by atoms with Crippen LogP contribution in [-0.4, -0.2) is 17.6 Å². The van der Waals surface area contributed by atoms with Crippen molar-refractivity contribution in [2.75, 3.05) is 6.61 Å². The fourth-order valence-corrected chi connectivity index (χ4v) is 2.07. The van der Waals surface area contributed by atoms with Crippen LogP contribution in [0.5, 0.6) is 0 Å². The van der Waals surface area contributed by atoms with Gasteiger partial charge in [-0.05, 0) is 37.3 Å². The molecule has 0 amide bonds. The Balaban J connectivity index is 1.84. The van der Waals surface area contributed by atoms with E-state index in [2.05, 4.69) is 15.2 Å². The summed E-state index contributed by atoms with van der Waals surface area (Å²) in [5, 5.41) is 6.52. The minimum Gasteiger partial charge on any atom is -0.462 e. The number of benzene rings is 2. The molecule has 0 unspecified atom stereocenters. The minimum atomic E-state index is -3.74. The van der Waals surface area contributed by atoms with Gasteiger partial charge in [-0.25, -0.2) is 9.78 Å². The fourth-order valence-electron chi connectivity index (χ4n) is 2.07. The first kappa shape index (κ1) is 16.7. The number of ether oxygens (including phenoxy) is 1. The Morgan fingerprint density at radius 3 is 2.80 bits per heavy atom. The predicted molar refractivity (Wildman–Crippen MR) is 84.8 cm³/mol. The lowest BCUT2D eigenvalue weighted by atomic mass is 10.2. The molecule has 0 N–H and O–H groups in total. The Morgan fingerprint density at radius 2 is 2.04 bits per heavy atom. The normalized spacial score (nSPS) is 12.0. The molecule has 0 aliphatic heterocycles. The molecule has 0 aliphatic carbocycles. The summed E-state index contributed by atoms with van der Waals surface area (Å²) in [6.07, 6.45) is 0. The third-order valence-electron chi connectivity index (χ3n) is 3.20. The third-order valence-corrected chi connectivity index (χ3v) is 3.20. The second kappa shape index (κ2) is 6.76. The number of aromatic nitrogens is 1. The van der Waals surface area contributed by atoms with E-state index in [1.807, 2.05) is 0 Å². The number of esters is 1.